The molecule has 0 spiro atoms. The molecule has 128 valence electrons. The van der Waals surface area contributed by atoms with Crippen molar-refractivity contribution in [3.05, 3.63) is 24.3 Å². The molecule has 1 aromatic carbocycles. The number of ether oxygens (including phenoxy) is 1. The Labute approximate surface area is 137 Å². The fourth-order valence-electron chi connectivity index (χ4n) is 2.52. The van der Waals surface area contributed by atoms with Gasteiger partial charge in [-0.2, -0.15) is 4.31 Å². The van der Waals surface area contributed by atoms with Gasteiger partial charge in [-0.05, 0) is 38.0 Å². The minimum absolute atomic E-state index is 0.210. The zero-order chi connectivity index (χ0) is 16.9. The first-order chi connectivity index (χ1) is 10.9. The molecule has 1 atom stereocenters. The fraction of sp³-hybridized carbons (Fsp3) is 0.562. The summed E-state index contributed by atoms with van der Waals surface area (Å²) in [5, 5.41) is 2.67. The van der Waals surface area contributed by atoms with Gasteiger partial charge in [0, 0.05) is 25.9 Å². The number of nitrogens with zero attached hydrogens (tertiary/aromatic N) is 1. The molecule has 0 bridgehead atoms. The molecule has 1 aliphatic heterocycles. The van der Waals surface area contributed by atoms with Crippen LogP contribution in [0.3, 0.4) is 0 Å². The van der Waals surface area contributed by atoms with Gasteiger partial charge in [0.25, 0.3) is 5.91 Å². The maximum absolute atomic E-state index is 12.8. The van der Waals surface area contributed by atoms with E-state index in [0.29, 0.717) is 18.8 Å². The number of carbonyl (C=O) groups is 1. The molecule has 0 unspecified atom stereocenters. The van der Waals surface area contributed by atoms with Crippen molar-refractivity contribution in [1.82, 2.24) is 4.31 Å². The summed E-state index contributed by atoms with van der Waals surface area (Å²) in [6.07, 6.45) is 3.32. The predicted molar refractivity (Wildman–Crippen MR) is 88.8 cm³/mol. The van der Waals surface area contributed by atoms with E-state index >= 15 is 0 Å². The predicted octanol–water partition coefficient (Wildman–Crippen LogP) is 2.22. The number of sulfonamides is 1. The lowest BCUT2D eigenvalue weighted by Crippen LogP contribution is -2.32. The minimum atomic E-state index is -3.52. The smallest absolute Gasteiger partial charge is 0.253 e. The molecule has 7 heteroatoms. The molecular formula is C16H24N2O4S. The number of rotatable bonds is 5. The van der Waals surface area contributed by atoms with Crippen LogP contribution in [0.1, 0.15) is 32.6 Å². The number of hydrogen-bond acceptors (Lipinski definition) is 4. The first kappa shape index (κ1) is 17.9. The van der Waals surface area contributed by atoms with Crippen LogP contribution in [0, 0.1) is 0 Å². The van der Waals surface area contributed by atoms with E-state index in [1.54, 1.807) is 29.4 Å². The largest absolute Gasteiger partial charge is 0.372 e. The van der Waals surface area contributed by atoms with E-state index in [9.17, 15) is 13.2 Å². The minimum Gasteiger partial charge on any atom is -0.372 e. The summed E-state index contributed by atoms with van der Waals surface area (Å²) in [6.45, 7) is 2.74. The van der Waals surface area contributed by atoms with Crippen LogP contribution in [0.2, 0.25) is 0 Å². The third-order valence-electron chi connectivity index (χ3n) is 4.03. The normalized spacial score (nSPS) is 18.2. The monoisotopic (exact) mass is 340 g/mol. The lowest BCUT2D eigenvalue weighted by Gasteiger charge is -2.20. The second-order valence-electron chi connectivity index (χ2n) is 5.71. The van der Waals surface area contributed by atoms with Crippen molar-refractivity contribution in [2.24, 2.45) is 0 Å². The van der Waals surface area contributed by atoms with Crippen molar-refractivity contribution in [3.63, 3.8) is 0 Å². The molecule has 23 heavy (non-hydrogen) atoms. The van der Waals surface area contributed by atoms with E-state index in [4.69, 9.17) is 4.74 Å². The quantitative estimate of drug-likeness (QED) is 0.892. The molecule has 1 N–H and O–H groups in total. The fourth-order valence-corrected chi connectivity index (χ4v) is 4.08. The Balaban J connectivity index is 2.19. The highest BCUT2D eigenvalue weighted by Gasteiger charge is 2.25. The molecule has 6 nitrogen and oxygen atoms in total. The van der Waals surface area contributed by atoms with Crippen molar-refractivity contribution in [2.45, 2.75) is 43.6 Å². The van der Waals surface area contributed by atoms with E-state index in [1.807, 2.05) is 0 Å². The first-order valence-corrected chi connectivity index (χ1v) is 9.33. The Morgan fingerprint density at radius 2 is 1.87 bits per heavy atom. The highest BCUT2D eigenvalue weighted by Crippen LogP contribution is 2.22. The molecule has 0 saturated carbocycles. The van der Waals surface area contributed by atoms with Gasteiger partial charge in [0.15, 0.2) is 0 Å². The van der Waals surface area contributed by atoms with Gasteiger partial charge in [-0.3, -0.25) is 4.79 Å². The third-order valence-corrected chi connectivity index (χ3v) is 5.92. The Bertz CT molecular complexity index is 637. The van der Waals surface area contributed by atoms with Gasteiger partial charge in [-0.1, -0.05) is 18.9 Å². The van der Waals surface area contributed by atoms with Crippen LogP contribution in [-0.4, -0.2) is 44.9 Å². The van der Waals surface area contributed by atoms with E-state index in [2.05, 4.69) is 5.32 Å². The van der Waals surface area contributed by atoms with Gasteiger partial charge in [0.2, 0.25) is 10.0 Å². The maximum atomic E-state index is 12.8. The van der Waals surface area contributed by atoms with Gasteiger partial charge in [-0.15, -0.1) is 0 Å². The summed E-state index contributed by atoms with van der Waals surface area (Å²) in [5.41, 5.74) is 0.454. The molecule has 0 radical (unpaired) electrons. The zero-order valence-corrected chi connectivity index (χ0v) is 14.4. The standard InChI is InChI=1S/C16H24N2O4S/c1-13(22-2)16(19)17-14-8-7-9-15(12-14)23(20,21)18-10-5-3-4-6-11-18/h7-9,12-13H,3-6,10-11H2,1-2H3,(H,17,19)/t13-/m1/s1. The molecule has 0 aromatic heterocycles. The number of carbonyl (C=O) groups excluding carboxylic acids is 1. The van der Waals surface area contributed by atoms with Crippen molar-refractivity contribution in [1.29, 1.82) is 0 Å². The molecular weight excluding hydrogens is 316 g/mol. The van der Waals surface area contributed by atoms with Crippen LogP contribution in [0.15, 0.2) is 29.2 Å². The van der Waals surface area contributed by atoms with Crippen molar-refractivity contribution in [2.75, 3.05) is 25.5 Å². The second kappa shape index (κ2) is 7.90. The summed E-state index contributed by atoms with van der Waals surface area (Å²) >= 11 is 0. The number of nitrogens with one attached hydrogen (secondary N) is 1. The summed E-state index contributed by atoms with van der Waals surface area (Å²) in [6, 6.07) is 6.37. The Kier molecular flexibility index (Phi) is 6.15. The van der Waals surface area contributed by atoms with E-state index < -0.39 is 16.1 Å². The number of anilines is 1. The number of methoxy groups -OCH3 is 1. The van der Waals surface area contributed by atoms with E-state index in [0.717, 1.165) is 25.7 Å². The summed E-state index contributed by atoms with van der Waals surface area (Å²) in [5.74, 6) is -0.308. The van der Waals surface area contributed by atoms with Crippen molar-refractivity contribution < 1.29 is 17.9 Å². The highest BCUT2D eigenvalue weighted by molar-refractivity contribution is 7.89. The molecule has 1 saturated heterocycles. The Hall–Kier alpha value is -1.44. The zero-order valence-electron chi connectivity index (χ0n) is 13.6. The third kappa shape index (κ3) is 4.53. The van der Waals surface area contributed by atoms with Gasteiger partial charge in [-0.25, -0.2) is 8.42 Å². The summed E-state index contributed by atoms with van der Waals surface area (Å²) in [7, 11) is -2.07. The van der Waals surface area contributed by atoms with Gasteiger partial charge in [0.05, 0.1) is 4.90 Å². The average Bonchev–Trinajstić information content (AvgIpc) is 2.84. The first-order valence-electron chi connectivity index (χ1n) is 7.89. The van der Waals surface area contributed by atoms with Crippen molar-refractivity contribution in [3.8, 4) is 0 Å². The van der Waals surface area contributed by atoms with Gasteiger partial charge in [0.1, 0.15) is 6.10 Å². The van der Waals surface area contributed by atoms with E-state index in [-0.39, 0.29) is 10.8 Å². The Morgan fingerprint density at radius 3 is 2.48 bits per heavy atom. The maximum Gasteiger partial charge on any atom is 0.253 e. The highest BCUT2D eigenvalue weighted by atomic mass is 32.2. The van der Waals surface area contributed by atoms with Crippen LogP contribution in [-0.2, 0) is 19.6 Å². The molecule has 1 amide bonds. The van der Waals surface area contributed by atoms with E-state index in [1.165, 1.54) is 13.2 Å². The molecule has 2 rings (SSSR count). The van der Waals surface area contributed by atoms with Crippen LogP contribution in [0.25, 0.3) is 0 Å². The van der Waals surface area contributed by atoms with Crippen LogP contribution in [0.4, 0.5) is 5.69 Å². The second-order valence-corrected chi connectivity index (χ2v) is 7.65. The topological polar surface area (TPSA) is 75.7 Å². The summed E-state index contributed by atoms with van der Waals surface area (Å²) in [4.78, 5) is 12.1. The molecule has 1 fully saturated rings. The molecule has 1 aromatic rings. The number of benzene rings is 1. The lowest BCUT2D eigenvalue weighted by atomic mass is 10.2. The van der Waals surface area contributed by atoms with Crippen LogP contribution < -0.4 is 5.32 Å². The van der Waals surface area contributed by atoms with Crippen LogP contribution >= 0.6 is 0 Å². The van der Waals surface area contributed by atoms with Crippen molar-refractivity contribution >= 4 is 21.6 Å². The number of amides is 1. The SMILES string of the molecule is CO[C@H](C)C(=O)Nc1cccc(S(=O)(=O)N2CCCCCC2)c1. The molecule has 0 aliphatic carbocycles. The summed E-state index contributed by atoms with van der Waals surface area (Å²) < 4.78 is 32.0. The van der Waals surface area contributed by atoms with Gasteiger partial charge >= 0.3 is 0 Å². The van der Waals surface area contributed by atoms with Gasteiger partial charge < -0.3 is 10.1 Å². The lowest BCUT2D eigenvalue weighted by molar-refractivity contribution is -0.124. The number of hydrogen-bond donors (Lipinski definition) is 1. The Morgan fingerprint density at radius 1 is 1.22 bits per heavy atom. The molecule has 1 heterocycles. The average molecular weight is 340 g/mol. The molecule has 1 aliphatic rings. The van der Waals surface area contributed by atoms with Crippen LogP contribution in [0.5, 0.6) is 0 Å².